The fraction of sp³-hybridized carbons (Fsp3) is 0.435. The van der Waals surface area contributed by atoms with Crippen molar-refractivity contribution in [3.8, 4) is 11.3 Å². The van der Waals surface area contributed by atoms with Gasteiger partial charge in [0.2, 0.25) is 10.0 Å². The Kier molecular flexibility index (Phi) is 5.29. The summed E-state index contributed by atoms with van der Waals surface area (Å²) in [6.07, 6.45) is 4.77. The van der Waals surface area contributed by atoms with Crippen LogP contribution in [-0.2, 0) is 28.7 Å². The van der Waals surface area contributed by atoms with Gasteiger partial charge in [-0.05, 0) is 37.5 Å². The lowest BCUT2D eigenvalue weighted by Crippen LogP contribution is -2.59. The first-order valence-corrected chi connectivity index (χ1v) is 13.4. The molecule has 0 atom stereocenters. The lowest BCUT2D eigenvalue weighted by atomic mass is 9.85. The molecule has 31 heavy (non-hydrogen) atoms. The predicted octanol–water partition coefficient (Wildman–Crippen LogP) is 3.69. The second-order valence-corrected chi connectivity index (χ2v) is 11.9. The van der Waals surface area contributed by atoms with Crippen LogP contribution in [-0.4, -0.2) is 53.1 Å². The third kappa shape index (κ3) is 3.75. The first-order chi connectivity index (χ1) is 14.9. The fourth-order valence-electron chi connectivity index (χ4n) is 5.16. The SMILES string of the molecule is Cc1ccc(CN2CCC3(CC2)c2ncc(-c4ccccc4)n2CCN3S(C)(=O)=O)s1. The number of hydrogen-bond donors (Lipinski definition) is 0. The van der Waals surface area contributed by atoms with Crippen LogP contribution in [0.4, 0.5) is 0 Å². The molecule has 5 rings (SSSR count). The van der Waals surface area contributed by atoms with Gasteiger partial charge >= 0.3 is 0 Å². The minimum atomic E-state index is -3.34. The van der Waals surface area contributed by atoms with Crippen molar-refractivity contribution in [3.63, 3.8) is 0 Å². The van der Waals surface area contributed by atoms with Crippen LogP contribution in [0.15, 0.2) is 48.7 Å². The largest absolute Gasteiger partial charge is 0.325 e. The summed E-state index contributed by atoms with van der Waals surface area (Å²) in [4.78, 5) is 9.96. The van der Waals surface area contributed by atoms with Gasteiger partial charge in [0.1, 0.15) is 5.82 Å². The van der Waals surface area contributed by atoms with E-state index in [4.69, 9.17) is 4.98 Å². The maximum absolute atomic E-state index is 12.8. The van der Waals surface area contributed by atoms with Gasteiger partial charge in [-0.2, -0.15) is 4.31 Å². The van der Waals surface area contributed by atoms with Gasteiger partial charge < -0.3 is 4.57 Å². The quantitative estimate of drug-likeness (QED) is 0.601. The average Bonchev–Trinajstić information content (AvgIpc) is 3.36. The molecule has 164 valence electrons. The van der Waals surface area contributed by atoms with Crippen LogP contribution in [0.5, 0.6) is 0 Å². The number of benzene rings is 1. The zero-order chi connectivity index (χ0) is 21.6. The van der Waals surface area contributed by atoms with Gasteiger partial charge in [-0.15, -0.1) is 11.3 Å². The highest BCUT2D eigenvalue weighted by Gasteiger charge is 2.50. The van der Waals surface area contributed by atoms with Crippen LogP contribution >= 0.6 is 11.3 Å². The monoisotopic (exact) mass is 456 g/mol. The normalized spacial score (nSPS) is 19.5. The summed E-state index contributed by atoms with van der Waals surface area (Å²) in [5.74, 6) is 0.898. The van der Waals surface area contributed by atoms with E-state index in [-0.39, 0.29) is 0 Å². The first kappa shape index (κ1) is 20.9. The Morgan fingerprint density at radius 3 is 2.42 bits per heavy atom. The van der Waals surface area contributed by atoms with E-state index in [1.165, 1.54) is 16.0 Å². The van der Waals surface area contributed by atoms with Crippen molar-refractivity contribution in [2.75, 3.05) is 25.9 Å². The minimum absolute atomic E-state index is 0.492. The van der Waals surface area contributed by atoms with E-state index in [9.17, 15) is 8.42 Å². The van der Waals surface area contributed by atoms with Crippen LogP contribution in [0, 0.1) is 6.92 Å². The van der Waals surface area contributed by atoms with Crippen molar-refractivity contribution in [1.82, 2.24) is 18.8 Å². The highest BCUT2D eigenvalue weighted by molar-refractivity contribution is 7.88. The van der Waals surface area contributed by atoms with Crippen molar-refractivity contribution < 1.29 is 8.42 Å². The molecule has 0 N–H and O–H groups in total. The molecule has 1 saturated heterocycles. The smallest absolute Gasteiger partial charge is 0.212 e. The molecular weight excluding hydrogens is 428 g/mol. The van der Waals surface area contributed by atoms with Gasteiger partial charge in [-0.25, -0.2) is 13.4 Å². The van der Waals surface area contributed by atoms with Gasteiger partial charge in [0.25, 0.3) is 0 Å². The Morgan fingerprint density at radius 1 is 1.03 bits per heavy atom. The van der Waals surface area contributed by atoms with Crippen LogP contribution in [0.1, 0.15) is 28.4 Å². The topological polar surface area (TPSA) is 58.4 Å². The molecule has 0 saturated carbocycles. The number of thiophene rings is 1. The highest BCUT2D eigenvalue weighted by Crippen LogP contribution is 2.44. The lowest BCUT2D eigenvalue weighted by molar-refractivity contribution is 0.0460. The van der Waals surface area contributed by atoms with E-state index in [1.54, 1.807) is 4.31 Å². The number of fused-ring (bicyclic) bond motifs is 2. The maximum Gasteiger partial charge on any atom is 0.212 e. The Balaban J connectivity index is 1.48. The molecule has 0 unspecified atom stereocenters. The second-order valence-electron chi connectivity index (χ2n) is 8.64. The van der Waals surface area contributed by atoms with E-state index in [0.29, 0.717) is 13.1 Å². The molecule has 1 aromatic carbocycles. The van der Waals surface area contributed by atoms with E-state index in [2.05, 4.69) is 40.7 Å². The third-order valence-corrected chi connectivity index (χ3v) is 8.92. The Hall–Kier alpha value is -2.00. The molecule has 0 radical (unpaired) electrons. The Labute approximate surface area is 188 Å². The predicted molar refractivity (Wildman–Crippen MR) is 124 cm³/mol. The van der Waals surface area contributed by atoms with Crippen molar-refractivity contribution in [3.05, 3.63) is 64.2 Å². The third-order valence-electron chi connectivity index (χ3n) is 6.60. The van der Waals surface area contributed by atoms with E-state index in [0.717, 1.165) is 49.6 Å². The summed E-state index contributed by atoms with van der Waals surface area (Å²) < 4.78 is 29.6. The van der Waals surface area contributed by atoms with E-state index in [1.807, 2.05) is 35.7 Å². The molecule has 2 aliphatic rings. The van der Waals surface area contributed by atoms with Crippen molar-refractivity contribution >= 4 is 21.4 Å². The molecule has 0 bridgehead atoms. The highest BCUT2D eigenvalue weighted by atomic mass is 32.2. The van der Waals surface area contributed by atoms with E-state index < -0.39 is 15.6 Å². The molecule has 1 fully saturated rings. The number of aromatic nitrogens is 2. The number of piperidine rings is 1. The van der Waals surface area contributed by atoms with Crippen LogP contribution < -0.4 is 0 Å². The standard InChI is InChI=1S/C23H28N4O2S2/c1-18-8-9-20(30-18)17-25-12-10-23(11-13-25)22-24-16-21(19-6-4-3-5-7-19)26(22)14-15-27(23)31(2,28)29/h3-9,16H,10-15,17H2,1-2H3. The maximum atomic E-state index is 12.8. The molecule has 4 heterocycles. The fourth-order valence-corrected chi connectivity index (χ4v) is 7.40. The van der Waals surface area contributed by atoms with Crippen LogP contribution in [0.3, 0.4) is 0 Å². The summed E-state index contributed by atoms with van der Waals surface area (Å²) in [5.41, 5.74) is 1.62. The molecule has 0 amide bonds. The molecule has 3 aromatic rings. The molecular formula is C23H28N4O2S2. The Morgan fingerprint density at radius 2 is 1.77 bits per heavy atom. The van der Waals surface area contributed by atoms with Gasteiger partial charge in [-0.1, -0.05) is 30.3 Å². The van der Waals surface area contributed by atoms with Crippen LogP contribution in [0.25, 0.3) is 11.3 Å². The lowest BCUT2D eigenvalue weighted by Gasteiger charge is -2.49. The summed E-state index contributed by atoms with van der Waals surface area (Å²) in [6, 6.07) is 14.6. The minimum Gasteiger partial charge on any atom is -0.325 e. The molecule has 0 aliphatic carbocycles. The average molecular weight is 457 g/mol. The summed E-state index contributed by atoms with van der Waals surface area (Å²) in [7, 11) is -3.34. The number of rotatable bonds is 4. The molecule has 2 aliphatic heterocycles. The molecule has 2 aromatic heterocycles. The molecule has 8 heteroatoms. The molecule has 6 nitrogen and oxygen atoms in total. The second kappa shape index (κ2) is 7.85. The van der Waals surface area contributed by atoms with Crippen molar-refractivity contribution in [2.24, 2.45) is 0 Å². The number of aryl methyl sites for hydroxylation is 1. The number of imidazole rings is 1. The van der Waals surface area contributed by atoms with Crippen LogP contribution in [0.2, 0.25) is 0 Å². The Bertz CT molecular complexity index is 1180. The van der Waals surface area contributed by atoms with E-state index >= 15 is 0 Å². The molecule has 1 spiro atoms. The zero-order valence-corrected chi connectivity index (χ0v) is 19.6. The first-order valence-electron chi connectivity index (χ1n) is 10.7. The number of likely N-dealkylation sites (tertiary alicyclic amines) is 1. The van der Waals surface area contributed by atoms with Gasteiger partial charge in [0.05, 0.1) is 23.7 Å². The number of sulfonamides is 1. The summed E-state index contributed by atoms with van der Waals surface area (Å²) in [5, 5.41) is 0. The van der Waals surface area contributed by atoms with Crippen molar-refractivity contribution in [2.45, 2.75) is 38.4 Å². The number of hydrogen-bond acceptors (Lipinski definition) is 5. The summed E-state index contributed by atoms with van der Waals surface area (Å²) in [6.45, 7) is 5.90. The van der Waals surface area contributed by atoms with Gasteiger partial charge in [-0.3, -0.25) is 4.90 Å². The van der Waals surface area contributed by atoms with Gasteiger partial charge in [0, 0.05) is 42.5 Å². The van der Waals surface area contributed by atoms with Crippen molar-refractivity contribution in [1.29, 1.82) is 0 Å². The number of nitrogens with zero attached hydrogens (tertiary/aromatic N) is 4. The van der Waals surface area contributed by atoms with Gasteiger partial charge in [0.15, 0.2) is 0 Å². The zero-order valence-electron chi connectivity index (χ0n) is 18.0. The summed E-state index contributed by atoms with van der Waals surface area (Å²) >= 11 is 1.84.